The number of pyridine rings is 1. The van der Waals surface area contributed by atoms with E-state index >= 15 is 0 Å². The number of piperazine rings is 1. The third-order valence-corrected chi connectivity index (χ3v) is 5.28. The summed E-state index contributed by atoms with van der Waals surface area (Å²) in [6, 6.07) is 6.37. The van der Waals surface area contributed by atoms with Crippen LogP contribution < -0.4 is 4.90 Å². The number of nitrogens with zero attached hydrogens (tertiary/aromatic N) is 6. The molecule has 0 aromatic carbocycles. The number of rotatable bonds is 3. The van der Waals surface area contributed by atoms with E-state index in [0.717, 1.165) is 30.0 Å². The molecule has 0 spiro atoms. The Morgan fingerprint density at radius 2 is 1.85 bits per heavy atom. The number of aromatic amines is 1. The van der Waals surface area contributed by atoms with Crippen molar-refractivity contribution in [1.29, 1.82) is 0 Å². The van der Waals surface area contributed by atoms with Crippen molar-refractivity contribution in [2.24, 2.45) is 0 Å². The van der Waals surface area contributed by atoms with Crippen molar-refractivity contribution < 1.29 is 5.11 Å². The van der Waals surface area contributed by atoms with E-state index in [4.69, 9.17) is 0 Å². The van der Waals surface area contributed by atoms with Crippen LogP contribution in [0.1, 0.15) is 13.8 Å². The number of hydrogen-bond acceptors (Lipinski definition) is 7. The highest BCUT2D eigenvalue weighted by Crippen LogP contribution is 2.30. The molecule has 0 aliphatic carbocycles. The predicted molar refractivity (Wildman–Crippen MR) is 103 cm³/mol. The van der Waals surface area contributed by atoms with Crippen LogP contribution in [-0.2, 0) is 0 Å². The summed E-state index contributed by atoms with van der Waals surface area (Å²) in [5.41, 5.74) is 2.62. The van der Waals surface area contributed by atoms with E-state index in [2.05, 4.69) is 56.1 Å². The molecule has 4 rings (SSSR count). The van der Waals surface area contributed by atoms with Crippen LogP contribution in [0.25, 0.3) is 22.5 Å². The molecule has 1 fully saturated rings. The summed E-state index contributed by atoms with van der Waals surface area (Å²) < 4.78 is 0. The topological polar surface area (TPSA) is 94.1 Å². The third-order valence-electron chi connectivity index (χ3n) is 5.28. The molecule has 1 aliphatic rings. The van der Waals surface area contributed by atoms with Gasteiger partial charge in [-0.25, -0.2) is 4.98 Å². The summed E-state index contributed by atoms with van der Waals surface area (Å²) in [7, 11) is 2.16. The number of hydrogen-bond donors (Lipinski definition) is 2. The molecule has 0 saturated carbocycles. The molecule has 1 saturated heterocycles. The van der Waals surface area contributed by atoms with Crippen molar-refractivity contribution >= 4 is 5.82 Å². The maximum Gasteiger partial charge on any atom is 0.151 e. The van der Waals surface area contributed by atoms with Gasteiger partial charge in [-0.05, 0) is 39.1 Å². The zero-order chi connectivity index (χ0) is 19.0. The molecular formula is C19H23N7O. The van der Waals surface area contributed by atoms with Crippen molar-refractivity contribution in [3.63, 3.8) is 0 Å². The van der Waals surface area contributed by atoms with Crippen LogP contribution in [0, 0.1) is 0 Å². The number of anilines is 1. The van der Waals surface area contributed by atoms with Crippen LogP contribution in [0.3, 0.4) is 0 Å². The summed E-state index contributed by atoms with van der Waals surface area (Å²) in [4.78, 5) is 8.99. The Balaban J connectivity index is 1.56. The van der Waals surface area contributed by atoms with Gasteiger partial charge in [0.2, 0.25) is 0 Å². The average Bonchev–Trinajstić information content (AvgIpc) is 3.21. The molecular weight excluding hydrogens is 342 g/mol. The standard InChI is InChI=1S/C19H23N7O/c1-12-10-26(11-13(2)25(12)3)18-5-4-16(23-24-18)19-17(27)6-14(7-20-19)15-8-21-22-9-15/h4-9,12-13,27H,10-11H2,1-3H3,(H,21,22)/t12-,13?/m0/s1. The van der Waals surface area contributed by atoms with E-state index in [9.17, 15) is 5.11 Å². The Bertz CT molecular complexity index is 898. The molecule has 2 N–H and O–H groups in total. The minimum absolute atomic E-state index is 0.0672. The van der Waals surface area contributed by atoms with Gasteiger partial charge in [0.1, 0.15) is 17.1 Å². The van der Waals surface area contributed by atoms with E-state index < -0.39 is 0 Å². The molecule has 3 aromatic heterocycles. The maximum absolute atomic E-state index is 10.4. The molecule has 8 heteroatoms. The molecule has 2 atom stereocenters. The van der Waals surface area contributed by atoms with Gasteiger partial charge in [0.25, 0.3) is 0 Å². The van der Waals surface area contributed by atoms with Gasteiger partial charge in [-0.1, -0.05) is 0 Å². The van der Waals surface area contributed by atoms with Gasteiger partial charge in [0.15, 0.2) is 5.82 Å². The lowest BCUT2D eigenvalue weighted by Crippen LogP contribution is -2.55. The van der Waals surface area contributed by atoms with E-state index in [1.165, 1.54) is 0 Å². The Morgan fingerprint density at radius 3 is 2.44 bits per heavy atom. The van der Waals surface area contributed by atoms with Gasteiger partial charge in [-0.15, -0.1) is 10.2 Å². The smallest absolute Gasteiger partial charge is 0.151 e. The second-order valence-corrected chi connectivity index (χ2v) is 7.12. The fourth-order valence-corrected chi connectivity index (χ4v) is 3.43. The van der Waals surface area contributed by atoms with Gasteiger partial charge in [-0.2, -0.15) is 5.10 Å². The van der Waals surface area contributed by atoms with Crippen LogP contribution in [0.5, 0.6) is 5.75 Å². The maximum atomic E-state index is 10.4. The molecule has 0 amide bonds. The zero-order valence-electron chi connectivity index (χ0n) is 15.7. The molecule has 8 nitrogen and oxygen atoms in total. The molecule has 140 valence electrons. The number of aromatic nitrogens is 5. The van der Waals surface area contributed by atoms with Gasteiger partial charge in [-0.3, -0.25) is 10.00 Å². The quantitative estimate of drug-likeness (QED) is 0.734. The lowest BCUT2D eigenvalue weighted by Gasteiger charge is -2.42. The van der Waals surface area contributed by atoms with Crippen LogP contribution in [0.15, 0.2) is 36.8 Å². The first-order valence-corrected chi connectivity index (χ1v) is 9.02. The third kappa shape index (κ3) is 3.35. The number of aromatic hydroxyl groups is 1. The van der Waals surface area contributed by atoms with E-state index in [0.29, 0.717) is 23.5 Å². The Hall–Kier alpha value is -3.00. The van der Waals surface area contributed by atoms with Crippen molar-refractivity contribution in [3.8, 4) is 28.3 Å². The van der Waals surface area contributed by atoms with Crippen LogP contribution in [0.4, 0.5) is 5.82 Å². The predicted octanol–water partition coefficient (Wildman–Crippen LogP) is 2.16. The van der Waals surface area contributed by atoms with Gasteiger partial charge in [0, 0.05) is 48.7 Å². The van der Waals surface area contributed by atoms with Crippen molar-refractivity contribution in [2.75, 3.05) is 25.0 Å². The largest absolute Gasteiger partial charge is 0.506 e. The second-order valence-electron chi connectivity index (χ2n) is 7.12. The van der Waals surface area contributed by atoms with Gasteiger partial charge >= 0.3 is 0 Å². The first-order chi connectivity index (χ1) is 13.0. The highest BCUT2D eigenvalue weighted by atomic mass is 16.3. The van der Waals surface area contributed by atoms with Crippen molar-refractivity contribution in [2.45, 2.75) is 25.9 Å². The van der Waals surface area contributed by atoms with Crippen LogP contribution in [-0.4, -0.2) is 67.6 Å². The Labute approximate surface area is 157 Å². The molecule has 4 heterocycles. The number of H-pyrrole nitrogens is 1. The van der Waals surface area contributed by atoms with Crippen molar-refractivity contribution in [3.05, 3.63) is 36.8 Å². The lowest BCUT2D eigenvalue weighted by atomic mass is 10.1. The summed E-state index contributed by atoms with van der Waals surface area (Å²) in [5, 5.41) is 25.7. The fraction of sp³-hybridized carbons (Fsp3) is 0.368. The van der Waals surface area contributed by atoms with Gasteiger partial charge in [0.05, 0.1) is 6.20 Å². The summed E-state index contributed by atoms with van der Waals surface area (Å²) in [6.07, 6.45) is 5.13. The van der Waals surface area contributed by atoms with Crippen LogP contribution in [0.2, 0.25) is 0 Å². The highest BCUT2D eigenvalue weighted by Gasteiger charge is 2.27. The van der Waals surface area contributed by atoms with Gasteiger partial charge < -0.3 is 10.0 Å². The van der Waals surface area contributed by atoms with E-state index in [1.807, 2.05) is 12.1 Å². The van der Waals surface area contributed by atoms with Crippen molar-refractivity contribution in [1.82, 2.24) is 30.3 Å². The zero-order valence-corrected chi connectivity index (χ0v) is 15.7. The van der Waals surface area contributed by atoms with Crippen LogP contribution >= 0.6 is 0 Å². The normalized spacial score (nSPS) is 20.8. The molecule has 0 radical (unpaired) electrons. The van der Waals surface area contributed by atoms with E-state index in [-0.39, 0.29) is 5.75 Å². The minimum atomic E-state index is 0.0672. The molecule has 0 bridgehead atoms. The highest BCUT2D eigenvalue weighted by molar-refractivity contribution is 5.69. The first kappa shape index (κ1) is 17.4. The van der Waals surface area contributed by atoms with E-state index in [1.54, 1.807) is 24.7 Å². The Kier molecular flexibility index (Phi) is 4.49. The molecule has 1 aliphatic heterocycles. The SMILES string of the molecule is CC1CN(c2ccc(-c3ncc(-c4cn[nH]c4)cc3O)nn2)C[C@H](C)N1C. The Morgan fingerprint density at radius 1 is 1.07 bits per heavy atom. The average molecular weight is 365 g/mol. The second kappa shape index (κ2) is 6.96. The monoisotopic (exact) mass is 365 g/mol. The molecule has 1 unspecified atom stereocenters. The minimum Gasteiger partial charge on any atom is -0.506 e. The number of nitrogens with one attached hydrogen (secondary N) is 1. The lowest BCUT2D eigenvalue weighted by molar-refractivity contribution is 0.169. The molecule has 3 aromatic rings. The number of likely N-dealkylation sites (N-methyl/N-ethyl adjacent to an activating group) is 1. The fourth-order valence-electron chi connectivity index (χ4n) is 3.43. The summed E-state index contributed by atoms with van der Waals surface area (Å²) >= 11 is 0. The summed E-state index contributed by atoms with van der Waals surface area (Å²) in [6.45, 7) is 6.26. The molecule has 27 heavy (non-hydrogen) atoms. The first-order valence-electron chi connectivity index (χ1n) is 9.02. The summed E-state index contributed by atoms with van der Waals surface area (Å²) in [5.74, 6) is 0.914.